The Morgan fingerprint density at radius 2 is 1.76 bits per heavy atom. The molecule has 0 unspecified atom stereocenters. The maximum atomic E-state index is 11.3. The maximum absolute atomic E-state index is 11.3. The monoisotopic (exact) mass is 292 g/mol. The molecule has 0 saturated carbocycles. The third kappa shape index (κ3) is 4.75. The van der Waals surface area contributed by atoms with Crippen molar-refractivity contribution in [1.82, 2.24) is 9.80 Å². The molecule has 1 heterocycles. The smallest absolute Gasteiger partial charge is 0.341 e. The predicted molar refractivity (Wildman–Crippen MR) is 77.1 cm³/mol. The number of aliphatic carboxylic acids is 1. The van der Waals surface area contributed by atoms with Crippen LogP contribution in [-0.4, -0.2) is 59.6 Å². The zero-order valence-electron chi connectivity index (χ0n) is 12.1. The molecule has 114 valence electrons. The molecule has 1 fully saturated rings. The molecule has 0 spiro atoms. The number of piperazine rings is 1. The number of carboxylic acid groups (broad SMARTS) is 1. The second kappa shape index (κ2) is 7.08. The number of carboxylic acids is 1. The Balaban J connectivity index is 1.81. The summed E-state index contributed by atoms with van der Waals surface area (Å²) >= 11 is 0. The van der Waals surface area contributed by atoms with Gasteiger partial charge < -0.3 is 14.7 Å². The highest BCUT2D eigenvalue weighted by Gasteiger charge is 2.18. The minimum Gasteiger partial charge on any atom is -0.482 e. The molecule has 1 N–H and O–H groups in total. The van der Waals surface area contributed by atoms with Gasteiger partial charge >= 0.3 is 5.97 Å². The van der Waals surface area contributed by atoms with Crippen molar-refractivity contribution in [3.63, 3.8) is 0 Å². The topological polar surface area (TPSA) is 70.1 Å². The summed E-state index contributed by atoms with van der Waals surface area (Å²) in [6.45, 7) is 5.39. The first-order valence-corrected chi connectivity index (χ1v) is 6.96. The highest BCUT2D eigenvalue weighted by atomic mass is 16.5. The SMILES string of the molecule is CC(=O)N1CCN(Cc2ccc(OCC(=O)O)cc2)CC1. The zero-order chi connectivity index (χ0) is 15.2. The van der Waals surface area contributed by atoms with Crippen molar-refractivity contribution in [3.8, 4) is 5.75 Å². The first-order chi connectivity index (χ1) is 10.0. The molecule has 0 aliphatic carbocycles. The molecule has 1 aliphatic rings. The second-order valence-electron chi connectivity index (χ2n) is 5.11. The van der Waals surface area contributed by atoms with Gasteiger partial charge in [0.2, 0.25) is 5.91 Å². The summed E-state index contributed by atoms with van der Waals surface area (Å²) in [4.78, 5) is 25.8. The van der Waals surface area contributed by atoms with Gasteiger partial charge in [-0.3, -0.25) is 9.69 Å². The van der Waals surface area contributed by atoms with Crippen LogP contribution in [0.15, 0.2) is 24.3 Å². The van der Waals surface area contributed by atoms with Gasteiger partial charge in [-0.1, -0.05) is 12.1 Å². The van der Waals surface area contributed by atoms with Gasteiger partial charge in [0, 0.05) is 39.6 Å². The fraction of sp³-hybridized carbons (Fsp3) is 0.467. The quantitative estimate of drug-likeness (QED) is 0.870. The molecular weight excluding hydrogens is 272 g/mol. The zero-order valence-corrected chi connectivity index (χ0v) is 12.1. The van der Waals surface area contributed by atoms with Crippen molar-refractivity contribution >= 4 is 11.9 Å². The molecule has 1 amide bonds. The molecule has 1 aromatic carbocycles. The standard InChI is InChI=1S/C15H20N2O4/c1-12(18)17-8-6-16(7-9-17)10-13-2-4-14(5-3-13)21-11-15(19)20/h2-5H,6-11H2,1H3,(H,19,20). The lowest BCUT2D eigenvalue weighted by molar-refractivity contribution is -0.139. The highest BCUT2D eigenvalue weighted by molar-refractivity contribution is 5.73. The number of carbonyl (C=O) groups is 2. The molecule has 1 aliphatic heterocycles. The largest absolute Gasteiger partial charge is 0.482 e. The fourth-order valence-corrected chi connectivity index (χ4v) is 2.32. The van der Waals surface area contributed by atoms with E-state index in [1.54, 1.807) is 19.1 Å². The Morgan fingerprint density at radius 1 is 1.14 bits per heavy atom. The van der Waals surface area contributed by atoms with E-state index in [0.29, 0.717) is 5.75 Å². The van der Waals surface area contributed by atoms with E-state index in [1.165, 1.54) is 0 Å². The fourth-order valence-electron chi connectivity index (χ4n) is 2.32. The van der Waals surface area contributed by atoms with Crippen LogP contribution in [-0.2, 0) is 16.1 Å². The van der Waals surface area contributed by atoms with Crippen LogP contribution < -0.4 is 4.74 Å². The molecule has 1 saturated heterocycles. The first-order valence-electron chi connectivity index (χ1n) is 6.96. The third-order valence-corrected chi connectivity index (χ3v) is 3.51. The molecule has 1 aromatic rings. The number of amides is 1. The van der Waals surface area contributed by atoms with Gasteiger partial charge in [0.1, 0.15) is 5.75 Å². The van der Waals surface area contributed by atoms with E-state index in [9.17, 15) is 9.59 Å². The number of hydrogen-bond donors (Lipinski definition) is 1. The maximum Gasteiger partial charge on any atom is 0.341 e. The van der Waals surface area contributed by atoms with Gasteiger partial charge in [-0.15, -0.1) is 0 Å². The average molecular weight is 292 g/mol. The lowest BCUT2D eigenvalue weighted by Gasteiger charge is -2.34. The van der Waals surface area contributed by atoms with Gasteiger partial charge in [-0.25, -0.2) is 4.79 Å². The van der Waals surface area contributed by atoms with Crippen LogP contribution in [0.5, 0.6) is 5.75 Å². The molecule has 6 nitrogen and oxygen atoms in total. The van der Waals surface area contributed by atoms with Crippen molar-refractivity contribution in [3.05, 3.63) is 29.8 Å². The van der Waals surface area contributed by atoms with E-state index in [-0.39, 0.29) is 12.5 Å². The average Bonchev–Trinajstić information content (AvgIpc) is 2.47. The van der Waals surface area contributed by atoms with E-state index < -0.39 is 5.97 Å². The predicted octanol–water partition coefficient (Wildman–Crippen LogP) is 0.814. The first kappa shape index (κ1) is 15.3. The van der Waals surface area contributed by atoms with Gasteiger partial charge in [0.25, 0.3) is 0 Å². The van der Waals surface area contributed by atoms with Gasteiger partial charge in [0.05, 0.1) is 0 Å². The molecule has 0 bridgehead atoms. The summed E-state index contributed by atoms with van der Waals surface area (Å²) < 4.78 is 5.10. The summed E-state index contributed by atoms with van der Waals surface area (Å²) in [5.41, 5.74) is 1.15. The van der Waals surface area contributed by atoms with Gasteiger partial charge in [0.15, 0.2) is 6.61 Å². The van der Waals surface area contributed by atoms with Crippen molar-refractivity contribution in [2.24, 2.45) is 0 Å². The molecular formula is C15H20N2O4. The molecule has 21 heavy (non-hydrogen) atoms. The van der Waals surface area contributed by atoms with Crippen LogP contribution in [0.4, 0.5) is 0 Å². The van der Waals surface area contributed by atoms with Crippen LogP contribution in [0.1, 0.15) is 12.5 Å². The minimum atomic E-state index is -0.984. The minimum absolute atomic E-state index is 0.134. The lowest BCUT2D eigenvalue weighted by Crippen LogP contribution is -2.47. The summed E-state index contributed by atoms with van der Waals surface area (Å²) in [7, 11) is 0. The van der Waals surface area contributed by atoms with Crippen LogP contribution in [0.25, 0.3) is 0 Å². The van der Waals surface area contributed by atoms with E-state index in [4.69, 9.17) is 9.84 Å². The van der Waals surface area contributed by atoms with Crippen LogP contribution in [0.2, 0.25) is 0 Å². The normalized spacial score (nSPS) is 15.8. The summed E-state index contributed by atoms with van der Waals surface area (Å²) in [6.07, 6.45) is 0. The third-order valence-electron chi connectivity index (χ3n) is 3.51. The summed E-state index contributed by atoms with van der Waals surface area (Å²) in [6, 6.07) is 7.44. The van der Waals surface area contributed by atoms with Crippen molar-refractivity contribution in [2.45, 2.75) is 13.5 Å². The van der Waals surface area contributed by atoms with Crippen molar-refractivity contribution in [1.29, 1.82) is 0 Å². The van der Waals surface area contributed by atoms with Crippen LogP contribution in [0.3, 0.4) is 0 Å². The van der Waals surface area contributed by atoms with Gasteiger partial charge in [-0.2, -0.15) is 0 Å². The van der Waals surface area contributed by atoms with Crippen molar-refractivity contribution < 1.29 is 19.4 Å². The van der Waals surface area contributed by atoms with E-state index in [0.717, 1.165) is 38.3 Å². The number of rotatable bonds is 5. The van der Waals surface area contributed by atoms with E-state index in [1.807, 2.05) is 17.0 Å². The Bertz CT molecular complexity index is 493. The highest BCUT2D eigenvalue weighted by Crippen LogP contribution is 2.14. The number of carbonyl (C=O) groups excluding carboxylic acids is 1. The van der Waals surface area contributed by atoms with E-state index in [2.05, 4.69) is 4.90 Å². The van der Waals surface area contributed by atoms with E-state index >= 15 is 0 Å². The Morgan fingerprint density at radius 3 is 2.29 bits per heavy atom. The molecule has 0 radical (unpaired) electrons. The Labute approximate surface area is 123 Å². The number of benzene rings is 1. The molecule has 0 aromatic heterocycles. The Hall–Kier alpha value is -2.08. The molecule has 2 rings (SSSR count). The lowest BCUT2D eigenvalue weighted by atomic mass is 10.2. The second-order valence-corrected chi connectivity index (χ2v) is 5.11. The Kier molecular flexibility index (Phi) is 5.16. The summed E-state index contributed by atoms with van der Waals surface area (Å²) in [5.74, 6) is -0.292. The summed E-state index contributed by atoms with van der Waals surface area (Å²) in [5, 5.41) is 8.55. The number of hydrogen-bond acceptors (Lipinski definition) is 4. The number of ether oxygens (including phenoxy) is 1. The van der Waals surface area contributed by atoms with Gasteiger partial charge in [-0.05, 0) is 17.7 Å². The number of nitrogens with zero attached hydrogens (tertiary/aromatic N) is 2. The van der Waals surface area contributed by atoms with Crippen molar-refractivity contribution in [2.75, 3.05) is 32.8 Å². The van der Waals surface area contributed by atoms with Crippen LogP contribution >= 0.6 is 0 Å². The molecule has 6 heteroatoms. The van der Waals surface area contributed by atoms with Crippen LogP contribution in [0, 0.1) is 0 Å². The molecule has 0 atom stereocenters.